The SMILES string of the molecule is Cc1ncnc2cnc(N)cc12. The summed E-state index contributed by atoms with van der Waals surface area (Å²) in [6, 6.07) is 1.78. The number of nitrogens with two attached hydrogens (primary N) is 1. The number of hydrogen-bond acceptors (Lipinski definition) is 4. The molecule has 2 heterocycles. The van der Waals surface area contributed by atoms with E-state index in [1.165, 1.54) is 6.33 Å². The Labute approximate surface area is 69.5 Å². The summed E-state index contributed by atoms with van der Waals surface area (Å²) in [5, 5.41) is 0.963. The van der Waals surface area contributed by atoms with Crippen molar-refractivity contribution in [1.82, 2.24) is 15.0 Å². The smallest absolute Gasteiger partial charge is 0.124 e. The zero-order valence-corrected chi connectivity index (χ0v) is 6.65. The minimum atomic E-state index is 0.500. The van der Waals surface area contributed by atoms with Crippen LogP contribution in [0, 0.1) is 6.92 Å². The van der Waals surface area contributed by atoms with Crippen LogP contribution in [0.25, 0.3) is 10.9 Å². The lowest BCUT2D eigenvalue weighted by molar-refractivity contribution is 1.14. The number of fused-ring (bicyclic) bond motifs is 1. The number of rotatable bonds is 0. The van der Waals surface area contributed by atoms with Crippen molar-refractivity contribution in [3.8, 4) is 0 Å². The molecule has 2 rings (SSSR count). The maximum absolute atomic E-state index is 5.53. The second kappa shape index (κ2) is 2.41. The molecule has 0 unspecified atom stereocenters. The molecule has 0 spiro atoms. The molecule has 0 amide bonds. The van der Waals surface area contributed by atoms with Gasteiger partial charge < -0.3 is 5.73 Å². The Morgan fingerprint density at radius 1 is 1.25 bits per heavy atom. The van der Waals surface area contributed by atoms with E-state index >= 15 is 0 Å². The van der Waals surface area contributed by atoms with Crippen LogP contribution in [0.15, 0.2) is 18.6 Å². The number of anilines is 1. The number of nitrogen functional groups attached to an aromatic ring is 1. The van der Waals surface area contributed by atoms with Crippen molar-refractivity contribution in [2.45, 2.75) is 6.92 Å². The molecule has 4 nitrogen and oxygen atoms in total. The Hall–Kier alpha value is -1.71. The van der Waals surface area contributed by atoms with Crippen LogP contribution in [0.5, 0.6) is 0 Å². The predicted molar refractivity (Wildman–Crippen MR) is 46.5 cm³/mol. The van der Waals surface area contributed by atoms with E-state index in [0.29, 0.717) is 5.82 Å². The van der Waals surface area contributed by atoms with Crippen molar-refractivity contribution < 1.29 is 0 Å². The largest absolute Gasteiger partial charge is 0.384 e. The molecule has 0 saturated carbocycles. The molecule has 12 heavy (non-hydrogen) atoms. The predicted octanol–water partition coefficient (Wildman–Crippen LogP) is 0.915. The molecule has 0 fully saturated rings. The van der Waals surface area contributed by atoms with Gasteiger partial charge in [0.05, 0.1) is 11.7 Å². The van der Waals surface area contributed by atoms with E-state index in [1.807, 2.05) is 6.92 Å². The Balaban J connectivity index is 2.88. The monoisotopic (exact) mass is 160 g/mol. The van der Waals surface area contributed by atoms with E-state index in [4.69, 9.17) is 5.73 Å². The van der Waals surface area contributed by atoms with E-state index in [9.17, 15) is 0 Å². The van der Waals surface area contributed by atoms with Crippen molar-refractivity contribution in [3.63, 3.8) is 0 Å². The quantitative estimate of drug-likeness (QED) is 0.622. The molecular weight excluding hydrogens is 152 g/mol. The summed E-state index contributed by atoms with van der Waals surface area (Å²) in [7, 11) is 0. The fourth-order valence-corrected chi connectivity index (χ4v) is 1.10. The third kappa shape index (κ3) is 0.972. The van der Waals surface area contributed by atoms with Gasteiger partial charge >= 0.3 is 0 Å². The molecule has 2 aromatic heterocycles. The summed E-state index contributed by atoms with van der Waals surface area (Å²) in [5.74, 6) is 0.500. The highest BCUT2D eigenvalue weighted by Crippen LogP contribution is 2.14. The fourth-order valence-electron chi connectivity index (χ4n) is 1.10. The van der Waals surface area contributed by atoms with Crippen LogP contribution in [-0.4, -0.2) is 15.0 Å². The van der Waals surface area contributed by atoms with Gasteiger partial charge in [0.2, 0.25) is 0 Å². The van der Waals surface area contributed by atoms with Crippen molar-refractivity contribution in [2.24, 2.45) is 0 Å². The lowest BCUT2D eigenvalue weighted by atomic mass is 10.2. The van der Waals surface area contributed by atoms with E-state index < -0.39 is 0 Å². The molecule has 60 valence electrons. The van der Waals surface area contributed by atoms with Crippen molar-refractivity contribution in [2.75, 3.05) is 5.73 Å². The first-order valence-corrected chi connectivity index (χ1v) is 3.60. The standard InChI is InChI=1S/C8H8N4/c1-5-6-2-8(9)10-3-7(6)12-4-11-5/h2-4H,1H3,(H2,9,10). The molecule has 0 aliphatic heterocycles. The zero-order valence-electron chi connectivity index (χ0n) is 6.65. The van der Waals surface area contributed by atoms with Crippen LogP contribution >= 0.6 is 0 Å². The average Bonchev–Trinajstić information content (AvgIpc) is 2.07. The highest BCUT2D eigenvalue weighted by Gasteiger charge is 1.98. The number of aryl methyl sites for hydroxylation is 1. The highest BCUT2D eigenvalue weighted by atomic mass is 14.9. The summed E-state index contributed by atoms with van der Waals surface area (Å²) < 4.78 is 0. The third-order valence-electron chi connectivity index (χ3n) is 1.74. The maximum atomic E-state index is 5.53. The molecule has 0 aliphatic rings. The molecular formula is C8H8N4. The fraction of sp³-hybridized carbons (Fsp3) is 0.125. The van der Waals surface area contributed by atoms with Gasteiger partial charge in [0, 0.05) is 11.1 Å². The van der Waals surface area contributed by atoms with Crippen molar-refractivity contribution >= 4 is 16.7 Å². The topological polar surface area (TPSA) is 64.7 Å². The maximum Gasteiger partial charge on any atom is 0.124 e. The highest BCUT2D eigenvalue weighted by molar-refractivity contribution is 5.81. The number of pyridine rings is 1. The zero-order chi connectivity index (χ0) is 8.55. The van der Waals surface area contributed by atoms with Gasteiger partial charge in [0.15, 0.2) is 0 Å². The molecule has 2 N–H and O–H groups in total. The van der Waals surface area contributed by atoms with Gasteiger partial charge in [-0.1, -0.05) is 0 Å². The third-order valence-corrected chi connectivity index (χ3v) is 1.74. The van der Waals surface area contributed by atoms with Crippen LogP contribution in [0.1, 0.15) is 5.69 Å². The molecule has 0 aromatic carbocycles. The van der Waals surface area contributed by atoms with Crippen molar-refractivity contribution in [3.05, 3.63) is 24.3 Å². The molecule has 0 atom stereocenters. The Bertz CT molecular complexity index is 424. The summed E-state index contributed by atoms with van der Waals surface area (Å²) in [6.45, 7) is 1.92. The Morgan fingerprint density at radius 2 is 2.08 bits per heavy atom. The molecule has 0 bridgehead atoms. The lowest BCUT2D eigenvalue weighted by Crippen LogP contribution is -1.92. The van der Waals surface area contributed by atoms with E-state index in [0.717, 1.165) is 16.6 Å². The van der Waals surface area contributed by atoms with Gasteiger partial charge in [-0.3, -0.25) is 0 Å². The second-order valence-electron chi connectivity index (χ2n) is 2.59. The summed E-state index contributed by atoms with van der Waals surface area (Å²) >= 11 is 0. The molecule has 4 heteroatoms. The van der Waals surface area contributed by atoms with Crippen LogP contribution in [0.4, 0.5) is 5.82 Å². The number of aromatic nitrogens is 3. The van der Waals surface area contributed by atoms with Gasteiger partial charge in [0.1, 0.15) is 12.1 Å². The van der Waals surface area contributed by atoms with Gasteiger partial charge in [-0.05, 0) is 13.0 Å². The summed E-state index contributed by atoms with van der Waals surface area (Å²) in [6.07, 6.45) is 3.18. The van der Waals surface area contributed by atoms with Gasteiger partial charge in [-0.15, -0.1) is 0 Å². The normalized spacial score (nSPS) is 10.4. The van der Waals surface area contributed by atoms with Crippen LogP contribution in [0.2, 0.25) is 0 Å². The minimum absolute atomic E-state index is 0.500. The van der Waals surface area contributed by atoms with Crippen LogP contribution < -0.4 is 5.73 Å². The lowest BCUT2D eigenvalue weighted by Gasteiger charge is -1.99. The van der Waals surface area contributed by atoms with Gasteiger partial charge in [-0.2, -0.15) is 0 Å². The first-order valence-electron chi connectivity index (χ1n) is 3.60. The van der Waals surface area contributed by atoms with E-state index in [1.54, 1.807) is 12.3 Å². The average molecular weight is 160 g/mol. The summed E-state index contributed by atoms with van der Waals surface area (Å²) in [5.41, 5.74) is 7.28. The minimum Gasteiger partial charge on any atom is -0.384 e. The first kappa shape index (κ1) is 6.97. The van der Waals surface area contributed by atoms with E-state index in [2.05, 4.69) is 15.0 Å². The Kier molecular flexibility index (Phi) is 1.40. The molecule has 0 aliphatic carbocycles. The van der Waals surface area contributed by atoms with E-state index in [-0.39, 0.29) is 0 Å². The second-order valence-corrected chi connectivity index (χ2v) is 2.59. The van der Waals surface area contributed by atoms with Gasteiger partial charge in [0.25, 0.3) is 0 Å². The van der Waals surface area contributed by atoms with Crippen LogP contribution in [-0.2, 0) is 0 Å². The molecule has 0 radical (unpaired) electrons. The first-order chi connectivity index (χ1) is 5.77. The number of hydrogen-bond donors (Lipinski definition) is 1. The molecule has 0 saturated heterocycles. The van der Waals surface area contributed by atoms with Crippen molar-refractivity contribution in [1.29, 1.82) is 0 Å². The van der Waals surface area contributed by atoms with Crippen LogP contribution in [0.3, 0.4) is 0 Å². The Morgan fingerprint density at radius 3 is 2.92 bits per heavy atom. The molecule has 2 aromatic rings. The summed E-state index contributed by atoms with van der Waals surface area (Å²) in [4.78, 5) is 12.0. The van der Waals surface area contributed by atoms with Gasteiger partial charge in [-0.25, -0.2) is 15.0 Å². The number of nitrogens with zero attached hydrogens (tertiary/aromatic N) is 3.